The maximum Gasteiger partial charge on any atom is 0.121 e. The topological polar surface area (TPSA) is 24.7 Å². The highest BCUT2D eigenvalue weighted by Crippen LogP contribution is 2.10. The summed E-state index contributed by atoms with van der Waals surface area (Å²) in [6.07, 6.45) is 8.71. The number of hydrogen-bond donors (Lipinski definition) is 0. The first-order valence-corrected chi connectivity index (χ1v) is 7.69. The van der Waals surface area contributed by atoms with Gasteiger partial charge in [0, 0.05) is 0 Å². The van der Waals surface area contributed by atoms with Gasteiger partial charge in [-0.15, -0.1) is 0 Å². The number of rotatable bonds is 6. The van der Waals surface area contributed by atoms with Crippen molar-refractivity contribution < 1.29 is 0 Å². The minimum Gasteiger partial charge on any atom is -0.264 e. The van der Waals surface area contributed by atoms with E-state index in [0.717, 1.165) is 29.1 Å². The minimum atomic E-state index is 0.149. The summed E-state index contributed by atoms with van der Waals surface area (Å²) >= 11 is 0. The summed E-state index contributed by atoms with van der Waals surface area (Å²) in [5, 5.41) is 0. The van der Waals surface area contributed by atoms with Crippen LogP contribution >= 0.6 is 0 Å². The molecule has 0 saturated carbocycles. The summed E-state index contributed by atoms with van der Waals surface area (Å²) in [4.78, 5) is 8.94. The van der Waals surface area contributed by atoms with Gasteiger partial charge < -0.3 is 0 Å². The molecular formula is C19H32N2. The lowest BCUT2D eigenvalue weighted by Gasteiger charge is -2.04. The molecule has 0 aromatic rings. The van der Waals surface area contributed by atoms with Gasteiger partial charge in [0.1, 0.15) is 5.84 Å². The second kappa shape index (κ2) is 13.3. The van der Waals surface area contributed by atoms with Gasteiger partial charge in [0.25, 0.3) is 0 Å². The third kappa shape index (κ3) is 10.7. The van der Waals surface area contributed by atoms with Gasteiger partial charge >= 0.3 is 0 Å². The molecule has 21 heavy (non-hydrogen) atoms. The van der Waals surface area contributed by atoms with Crippen molar-refractivity contribution >= 4 is 11.5 Å². The largest absolute Gasteiger partial charge is 0.264 e. The van der Waals surface area contributed by atoms with Crippen molar-refractivity contribution in [3.63, 3.8) is 0 Å². The Labute approximate surface area is 131 Å². The molecular weight excluding hydrogens is 256 g/mol. The molecule has 0 aliphatic heterocycles. The highest BCUT2D eigenvalue weighted by atomic mass is 14.9. The molecule has 0 heterocycles. The van der Waals surface area contributed by atoms with E-state index < -0.39 is 0 Å². The zero-order chi connectivity index (χ0) is 16.8. The predicted octanol–water partition coefficient (Wildman–Crippen LogP) is 5.94. The SMILES string of the molecule is C=CC(/C=C(\C)C(=C)CC)=NC(C)=NC(C)C=CC.CC. The van der Waals surface area contributed by atoms with Gasteiger partial charge in [-0.2, -0.15) is 0 Å². The number of hydrogen-bond acceptors (Lipinski definition) is 1. The summed E-state index contributed by atoms with van der Waals surface area (Å²) in [5.41, 5.74) is 3.07. The maximum atomic E-state index is 4.47. The lowest BCUT2D eigenvalue weighted by Crippen LogP contribution is -2.01. The van der Waals surface area contributed by atoms with Gasteiger partial charge in [-0.25, -0.2) is 4.99 Å². The van der Waals surface area contributed by atoms with Crippen LogP contribution in [0.3, 0.4) is 0 Å². The zero-order valence-electron chi connectivity index (χ0n) is 14.9. The van der Waals surface area contributed by atoms with E-state index in [1.165, 1.54) is 0 Å². The highest BCUT2D eigenvalue weighted by molar-refractivity contribution is 6.10. The fraction of sp³-hybridized carbons (Fsp3) is 0.474. The van der Waals surface area contributed by atoms with Gasteiger partial charge in [0.15, 0.2) is 0 Å². The van der Waals surface area contributed by atoms with Crippen LogP contribution in [0.1, 0.15) is 54.9 Å². The zero-order valence-corrected chi connectivity index (χ0v) is 14.9. The minimum absolute atomic E-state index is 0.149. The summed E-state index contributed by atoms with van der Waals surface area (Å²) in [6, 6.07) is 0.149. The maximum absolute atomic E-state index is 4.47. The second-order valence-corrected chi connectivity index (χ2v) is 4.47. The van der Waals surface area contributed by atoms with E-state index in [1.807, 2.05) is 59.8 Å². The summed E-state index contributed by atoms with van der Waals surface area (Å²) < 4.78 is 0. The van der Waals surface area contributed by atoms with Crippen molar-refractivity contribution in [1.82, 2.24) is 0 Å². The Morgan fingerprint density at radius 3 is 2.24 bits per heavy atom. The Balaban J connectivity index is 0. The molecule has 2 heteroatoms. The van der Waals surface area contributed by atoms with Crippen LogP contribution in [0.5, 0.6) is 0 Å². The first-order valence-electron chi connectivity index (χ1n) is 7.69. The monoisotopic (exact) mass is 288 g/mol. The smallest absolute Gasteiger partial charge is 0.121 e. The number of amidine groups is 1. The first-order chi connectivity index (χ1) is 9.94. The van der Waals surface area contributed by atoms with Crippen molar-refractivity contribution in [1.29, 1.82) is 0 Å². The van der Waals surface area contributed by atoms with Crippen molar-refractivity contribution in [3.05, 3.63) is 48.6 Å². The van der Waals surface area contributed by atoms with Crippen molar-refractivity contribution in [2.45, 2.75) is 60.9 Å². The van der Waals surface area contributed by atoms with Gasteiger partial charge in [0.2, 0.25) is 0 Å². The molecule has 0 radical (unpaired) electrons. The molecule has 0 aromatic heterocycles. The third-order valence-corrected chi connectivity index (χ3v) is 2.71. The molecule has 0 aliphatic rings. The molecule has 118 valence electrons. The Bertz CT molecular complexity index is 434. The lowest BCUT2D eigenvalue weighted by molar-refractivity contribution is 0.919. The van der Waals surface area contributed by atoms with Crippen LogP contribution in [0.4, 0.5) is 0 Å². The van der Waals surface area contributed by atoms with E-state index in [1.54, 1.807) is 6.08 Å². The molecule has 0 spiro atoms. The highest BCUT2D eigenvalue weighted by Gasteiger charge is 1.98. The Hall–Kier alpha value is -1.70. The average molecular weight is 288 g/mol. The van der Waals surface area contributed by atoms with Gasteiger partial charge in [-0.05, 0) is 51.8 Å². The van der Waals surface area contributed by atoms with Crippen LogP contribution < -0.4 is 0 Å². The Morgan fingerprint density at radius 1 is 1.24 bits per heavy atom. The van der Waals surface area contributed by atoms with Crippen molar-refractivity contribution in [2.24, 2.45) is 9.98 Å². The fourth-order valence-corrected chi connectivity index (χ4v) is 1.57. The molecule has 0 saturated heterocycles. The van der Waals surface area contributed by atoms with Crippen molar-refractivity contribution in [3.8, 4) is 0 Å². The van der Waals surface area contributed by atoms with E-state index >= 15 is 0 Å². The molecule has 2 nitrogen and oxygen atoms in total. The van der Waals surface area contributed by atoms with Crippen LogP contribution in [0.15, 0.2) is 58.6 Å². The molecule has 0 aliphatic carbocycles. The Morgan fingerprint density at radius 2 is 1.81 bits per heavy atom. The number of aliphatic imine (C=N–C) groups is 2. The van der Waals surface area contributed by atoms with E-state index in [0.29, 0.717) is 0 Å². The van der Waals surface area contributed by atoms with Crippen LogP contribution in [-0.2, 0) is 0 Å². The van der Waals surface area contributed by atoms with Gasteiger partial charge in [0.05, 0.1) is 11.8 Å². The molecule has 0 amide bonds. The van der Waals surface area contributed by atoms with Gasteiger partial charge in [-0.1, -0.05) is 51.7 Å². The van der Waals surface area contributed by atoms with Gasteiger partial charge in [-0.3, -0.25) is 4.99 Å². The van der Waals surface area contributed by atoms with E-state index in [2.05, 4.69) is 30.1 Å². The number of allylic oxidation sites excluding steroid dienone is 5. The second-order valence-electron chi connectivity index (χ2n) is 4.47. The molecule has 0 N–H and O–H groups in total. The molecule has 0 fully saturated rings. The van der Waals surface area contributed by atoms with Crippen LogP contribution in [0.25, 0.3) is 0 Å². The third-order valence-electron chi connectivity index (χ3n) is 2.71. The van der Waals surface area contributed by atoms with E-state index in [-0.39, 0.29) is 6.04 Å². The first kappa shape index (κ1) is 21.6. The molecule has 1 unspecified atom stereocenters. The quantitative estimate of drug-likeness (QED) is 0.250. The summed E-state index contributed by atoms with van der Waals surface area (Å²) in [5.74, 6) is 0.756. The lowest BCUT2D eigenvalue weighted by atomic mass is 10.1. The van der Waals surface area contributed by atoms with Crippen LogP contribution in [0.2, 0.25) is 0 Å². The predicted molar refractivity (Wildman–Crippen MR) is 99.6 cm³/mol. The van der Waals surface area contributed by atoms with Crippen LogP contribution in [0, 0.1) is 0 Å². The molecule has 1 atom stereocenters. The normalized spacial score (nSPS) is 14.5. The fourth-order valence-electron chi connectivity index (χ4n) is 1.57. The van der Waals surface area contributed by atoms with E-state index in [4.69, 9.17) is 0 Å². The number of nitrogens with zero attached hydrogens (tertiary/aromatic N) is 2. The molecule has 0 bridgehead atoms. The average Bonchev–Trinajstić information content (AvgIpc) is 2.47. The van der Waals surface area contributed by atoms with E-state index in [9.17, 15) is 0 Å². The van der Waals surface area contributed by atoms with Crippen molar-refractivity contribution in [2.75, 3.05) is 0 Å². The standard InChI is InChI=1S/C17H26N2.C2H6/c1-8-11-15(6)18-16(7)19-17(10-3)12-14(5)13(4)9-2;1-2/h8,10-12,15H,3-4,9H2,1-2,5-7H3;1-2H3/b11-8?,14-12+,18-16?,19-17?;. The summed E-state index contributed by atoms with van der Waals surface area (Å²) in [6.45, 7) is 21.9. The Kier molecular flexibility index (Phi) is 13.7. The van der Waals surface area contributed by atoms with Crippen LogP contribution in [-0.4, -0.2) is 17.6 Å². The summed E-state index contributed by atoms with van der Waals surface area (Å²) in [7, 11) is 0. The molecule has 0 aromatic carbocycles. The molecule has 0 rings (SSSR count).